The Morgan fingerprint density at radius 3 is 2.57 bits per heavy atom. The summed E-state index contributed by atoms with van der Waals surface area (Å²) >= 11 is 0. The van der Waals surface area contributed by atoms with Gasteiger partial charge in [-0.25, -0.2) is 9.50 Å². The lowest BCUT2D eigenvalue weighted by Gasteiger charge is -2.16. The zero-order valence-electron chi connectivity index (χ0n) is 12.3. The quantitative estimate of drug-likeness (QED) is 0.908. The van der Waals surface area contributed by atoms with Gasteiger partial charge in [0.1, 0.15) is 5.52 Å². The van der Waals surface area contributed by atoms with Crippen LogP contribution in [-0.2, 0) is 6.18 Å². The molecule has 4 nitrogen and oxygen atoms in total. The second kappa shape index (κ2) is 5.91. The molecule has 2 aromatic heterocycles. The van der Waals surface area contributed by atoms with E-state index in [2.05, 4.69) is 29.2 Å². The van der Waals surface area contributed by atoms with Crippen LogP contribution in [0.5, 0.6) is 0 Å². The first-order chi connectivity index (χ1) is 9.77. The summed E-state index contributed by atoms with van der Waals surface area (Å²) in [7, 11) is 0. The van der Waals surface area contributed by atoms with Gasteiger partial charge in [-0.1, -0.05) is 13.8 Å². The third kappa shape index (κ3) is 3.86. The number of alkyl halides is 3. The molecule has 2 rings (SSSR count). The van der Waals surface area contributed by atoms with Gasteiger partial charge in [0.15, 0.2) is 11.5 Å². The number of hydrogen-bond acceptors (Lipinski definition) is 3. The van der Waals surface area contributed by atoms with Crippen LogP contribution in [0.2, 0.25) is 0 Å². The van der Waals surface area contributed by atoms with Crippen molar-refractivity contribution in [3.8, 4) is 0 Å². The van der Waals surface area contributed by atoms with Gasteiger partial charge in [-0.05, 0) is 25.7 Å². The Labute approximate surface area is 121 Å². The first-order valence-corrected chi connectivity index (χ1v) is 6.95. The van der Waals surface area contributed by atoms with E-state index in [9.17, 15) is 13.2 Å². The molecule has 0 aliphatic carbocycles. The molecule has 21 heavy (non-hydrogen) atoms. The van der Waals surface area contributed by atoms with E-state index >= 15 is 0 Å². The summed E-state index contributed by atoms with van der Waals surface area (Å²) < 4.78 is 39.3. The van der Waals surface area contributed by atoms with Crippen molar-refractivity contribution in [2.45, 2.75) is 45.8 Å². The normalized spacial score (nSPS) is 13.9. The number of nitrogens with one attached hydrogen (secondary N) is 1. The van der Waals surface area contributed by atoms with Crippen LogP contribution in [0, 0.1) is 5.92 Å². The molecule has 0 aliphatic heterocycles. The van der Waals surface area contributed by atoms with Gasteiger partial charge in [-0.3, -0.25) is 0 Å². The maximum atomic E-state index is 12.7. The summed E-state index contributed by atoms with van der Waals surface area (Å²) in [4.78, 5) is 4.13. The molecule has 0 aromatic carbocycles. The molecule has 116 valence electrons. The molecule has 0 saturated heterocycles. The molecule has 1 N–H and O–H groups in total. The van der Waals surface area contributed by atoms with E-state index in [4.69, 9.17) is 0 Å². The summed E-state index contributed by atoms with van der Waals surface area (Å²) in [6, 6.07) is 1.15. The highest BCUT2D eigenvalue weighted by atomic mass is 19.4. The topological polar surface area (TPSA) is 42.2 Å². The summed E-state index contributed by atoms with van der Waals surface area (Å²) in [5.74, 6) is 1.02. The molecule has 0 spiro atoms. The molecule has 0 radical (unpaired) electrons. The summed E-state index contributed by atoms with van der Waals surface area (Å²) in [5.41, 5.74) is -0.574. The molecular formula is C14H19F3N4. The van der Waals surface area contributed by atoms with E-state index in [0.717, 1.165) is 18.9 Å². The fourth-order valence-electron chi connectivity index (χ4n) is 2.06. The fourth-order valence-corrected chi connectivity index (χ4v) is 2.06. The van der Waals surface area contributed by atoms with Crippen LogP contribution >= 0.6 is 0 Å². The van der Waals surface area contributed by atoms with Gasteiger partial charge < -0.3 is 5.32 Å². The molecule has 0 fully saturated rings. The van der Waals surface area contributed by atoms with E-state index < -0.39 is 11.9 Å². The highest BCUT2D eigenvalue weighted by Crippen LogP contribution is 2.30. The first kappa shape index (κ1) is 15.6. The van der Waals surface area contributed by atoms with Gasteiger partial charge >= 0.3 is 6.18 Å². The minimum absolute atomic E-state index is 0.135. The average Bonchev–Trinajstić information content (AvgIpc) is 2.81. The molecule has 0 bridgehead atoms. The average molecular weight is 300 g/mol. The molecular weight excluding hydrogens is 281 g/mol. The Morgan fingerprint density at radius 1 is 1.24 bits per heavy atom. The number of halogens is 3. The van der Waals surface area contributed by atoms with Crippen molar-refractivity contribution in [1.82, 2.24) is 14.6 Å². The van der Waals surface area contributed by atoms with E-state index in [-0.39, 0.29) is 6.04 Å². The van der Waals surface area contributed by atoms with E-state index in [1.807, 2.05) is 6.92 Å². The van der Waals surface area contributed by atoms with Crippen molar-refractivity contribution >= 4 is 11.3 Å². The van der Waals surface area contributed by atoms with Crippen molar-refractivity contribution in [3.05, 3.63) is 24.2 Å². The minimum atomic E-state index is -4.45. The highest BCUT2D eigenvalue weighted by Gasteiger charge is 2.34. The zero-order valence-corrected chi connectivity index (χ0v) is 12.3. The zero-order chi connectivity index (χ0) is 15.6. The number of rotatable bonds is 5. The first-order valence-electron chi connectivity index (χ1n) is 6.95. The Hall–Kier alpha value is -1.79. The molecule has 0 aliphatic rings. The number of aromatic nitrogens is 3. The smallest absolute Gasteiger partial charge is 0.366 e. The third-order valence-electron chi connectivity index (χ3n) is 3.24. The van der Waals surface area contributed by atoms with Gasteiger partial charge in [0.05, 0.1) is 0 Å². The van der Waals surface area contributed by atoms with Crippen molar-refractivity contribution in [2.24, 2.45) is 5.92 Å². The number of nitrogens with zero attached hydrogens (tertiary/aromatic N) is 3. The lowest BCUT2D eigenvalue weighted by atomic mass is 10.0. The molecule has 1 atom stereocenters. The van der Waals surface area contributed by atoms with E-state index in [0.29, 0.717) is 17.3 Å². The van der Waals surface area contributed by atoms with Crippen molar-refractivity contribution in [2.75, 3.05) is 5.32 Å². The fraction of sp³-hybridized carbons (Fsp3) is 0.571. The highest BCUT2D eigenvalue weighted by molar-refractivity contribution is 5.68. The Morgan fingerprint density at radius 2 is 1.95 bits per heavy atom. The number of hydrogen-bond donors (Lipinski definition) is 1. The maximum Gasteiger partial charge on any atom is 0.435 e. The Bertz CT molecular complexity index is 604. The summed E-state index contributed by atoms with van der Waals surface area (Å²) in [6.45, 7) is 6.27. The van der Waals surface area contributed by atoms with Gasteiger partial charge in [0.2, 0.25) is 0 Å². The molecule has 2 aromatic rings. The van der Waals surface area contributed by atoms with E-state index in [1.165, 1.54) is 16.9 Å². The largest absolute Gasteiger partial charge is 0.435 e. The molecule has 1 unspecified atom stereocenters. The second-order valence-corrected chi connectivity index (χ2v) is 5.65. The van der Waals surface area contributed by atoms with Gasteiger partial charge in [-0.15, -0.1) is 0 Å². The van der Waals surface area contributed by atoms with Crippen LogP contribution in [0.1, 0.15) is 39.3 Å². The predicted molar refractivity (Wildman–Crippen MR) is 75.1 cm³/mol. The summed E-state index contributed by atoms with van der Waals surface area (Å²) in [5, 5.41) is 6.70. The SMILES string of the molecule is CC(C)CCC(C)Nc1nccn2nc(C(F)(F)F)cc12. The van der Waals surface area contributed by atoms with Crippen LogP contribution in [0.25, 0.3) is 5.52 Å². The van der Waals surface area contributed by atoms with Gasteiger partial charge in [0, 0.05) is 24.5 Å². The standard InChI is InChI=1S/C14H19F3N4/c1-9(2)4-5-10(3)19-13-11-8-12(14(15,16)17)20-21(11)7-6-18-13/h6-10H,4-5H2,1-3H3,(H,18,19). The Kier molecular flexibility index (Phi) is 4.39. The van der Waals surface area contributed by atoms with Crippen LogP contribution in [0.3, 0.4) is 0 Å². The maximum absolute atomic E-state index is 12.7. The number of anilines is 1. The lowest BCUT2D eigenvalue weighted by Crippen LogP contribution is -2.17. The minimum Gasteiger partial charge on any atom is -0.366 e. The monoisotopic (exact) mass is 300 g/mol. The van der Waals surface area contributed by atoms with Crippen molar-refractivity contribution < 1.29 is 13.2 Å². The van der Waals surface area contributed by atoms with Crippen LogP contribution in [0.4, 0.5) is 19.0 Å². The molecule has 7 heteroatoms. The van der Waals surface area contributed by atoms with Crippen LogP contribution in [0.15, 0.2) is 18.5 Å². The van der Waals surface area contributed by atoms with Gasteiger partial charge in [0.25, 0.3) is 0 Å². The Balaban J connectivity index is 2.22. The second-order valence-electron chi connectivity index (χ2n) is 5.65. The van der Waals surface area contributed by atoms with Crippen molar-refractivity contribution in [3.63, 3.8) is 0 Å². The lowest BCUT2D eigenvalue weighted by molar-refractivity contribution is -0.141. The van der Waals surface area contributed by atoms with Gasteiger partial charge in [-0.2, -0.15) is 18.3 Å². The molecule has 0 saturated carbocycles. The molecule has 0 amide bonds. The summed E-state index contributed by atoms with van der Waals surface area (Å²) in [6.07, 6.45) is 0.379. The third-order valence-corrected chi connectivity index (χ3v) is 3.24. The van der Waals surface area contributed by atoms with Crippen LogP contribution < -0.4 is 5.32 Å². The van der Waals surface area contributed by atoms with Crippen LogP contribution in [-0.4, -0.2) is 20.6 Å². The molecule has 2 heterocycles. The number of fused-ring (bicyclic) bond motifs is 1. The van der Waals surface area contributed by atoms with E-state index in [1.54, 1.807) is 0 Å². The van der Waals surface area contributed by atoms with Crippen molar-refractivity contribution in [1.29, 1.82) is 0 Å². The predicted octanol–water partition coefficient (Wildman–Crippen LogP) is 3.98.